The van der Waals surface area contributed by atoms with Crippen molar-refractivity contribution in [1.29, 1.82) is 0 Å². The molecule has 0 spiro atoms. The number of rotatable bonds is 2. The van der Waals surface area contributed by atoms with Gasteiger partial charge < -0.3 is 0 Å². The predicted octanol–water partition coefficient (Wildman–Crippen LogP) is 4.31. The summed E-state index contributed by atoms with van der Waals surface area (Å²) in [5, 5.41) is -0.890. The van der Waals surface area contributed by atoms with Crippen molar-refractivity contribution in [2.45, 2.75) is 43.7 Å². The summed E-state index contributed by atoms with van der Waals surface area (Å²) in [6.45, 7) is 3.97. The van der Waals surface area contributed by atoms with Gasteiger partial charge in [0, 0.05) is 4.47 Å². The Kier molecular flexibility index (Phi) is 4.63. The zero-order chi connectivity index (χ0) is 14.2. The molecule has 1 aliphatic rings. The molecule has 5 heteroatoms. The highest BCUT2D eigenvalue weighted by atomic mass is 79.9. The van der Waals surface area contributed by atoms with Crippen molar-refractivity contribution >= 4 is 37.4 Å². The van der Waals surface area contributed by atoms with Crippen molar-refractivity contribution in [2.24, 2.45) is 0 Å². The van der Waals surface area contributed by atoms with E-state index in [0.29, 0.717) is 6.42 Å². The summed E-state index contributed by atoms with van der Waals surface area (Å²) in [6.07, 6.45) is 2.38. The molecule has 106 valence electrons. The Labute approximate surface area is 128 Å². The van der Waals surface area contributed by atoms with E-state index in [-0.39, 0.29) is 5.75 Å². The lowest BCUT2D eigenvalue weighted by atomic mass is 9.98. The third kappa shape index (κ3) is 3.17. The zero-order valence-corrected chi connectivity index (χ0v) is 14.3. The van der Waals surface area contributed by atoms with Gasteiger partial charge in [-0.05, 0) is 49.4 Å². The fraction of sp³-hybridized carbons (Fsp3) is 0.571. The molecule has 2 atom stereocenters. The Bertz CT molecular complexity index is 583. The summed E-state index contributed by atoms with van der Waals surface area (Å²) in [4.78, 5) is 0. The average molecular weight is 366 g/mol. The topological polar surface area (TPSA) is 34.1 Å². The Morgan fingerprint density at radius 2 is 1.95 bits per heavy atom. The van der Waals surface area contributed by atoms with Gasteiger partial charge in [0.05, 0.1) is 16.4 Å². The van der Waals surface area contributed by atoms with Gasteiger partial charge in [0.25, 0.3) is 0 Å². The first-order valence-corrected chi connectivity index (χ1v) is 9.39. The molecule has 1 aliphatic heterocycles. The van der Waals surface area contributed by atoms with Crippen molar-refractivity contribution in [3.05, 3.63) is 33.3 Å². The Morgan fingerprint density at radius 1 is 1.26 bits per heavy atom. The van der Waals surface area contributed by atoms with E-state index in [1.54, 1.807) is 0 Å². The zero-order valence-electron chi connectivity index (χ0n) is 11.1. The molecule has 0 bridgehead atoms. The fourth-order valence-corrected chi connectivity index (χ4v) is 5.84. The third-order valence-corrected chi connectivity index (χ3v) is 7.63. The minimum absolute atomic E-state index is 0.273. The number of aryl methyl sites for hydroxylation is 2. The third-order valence-electron chi connectivity index (χ3n) is 3.80. The molecule has 19 heavy (non-hydrogen) atoms. The van der Waals surface area contributed by atoms with Gasteiger partial charge in [-0.15, -0.1) is 11.6 Å². The van der Waals surface area contributed by atoms with Crippen molar-refractivity contribution in [3.63, 3.8) is 0 Å². The van der Waals surface area contributed by atoms with Gasteiger partial charge in [0.2, 0.25) is 0 Å². The molecule has 2 unspecified atom stereocenters. The first kappa shape index (κ1) is 15.3. The number of halogens is 2. The lowest BCUT2D eigenvalue weighted by Crippen LogP contribution is -2.32. The van der Waals surface area contributed by atoms with Gasteiger partial charge in [0.1, 0.15) is 0 Å². The molecule has 1 fully saturated rings. The minimum Gasteiger partial charge on any atom is -0.228 e. The fourth-order valence-electron chi connectivity index (χ4n) is 2.61. The van der Waals surface area contributed by atoms with Crippen LogP contribution in [0.5, 0.6) is 0 Å². The molecular weight excluding hydrogens is 348 g/mol. The quantitative estimate of drug-likeness (QED) is 0.732. The minimum atomic E-state index is -3.05. The van der Waals surface area contributed by atoms with Gasteiger partial charge in [-0.25, -0.2) is 8.42 Å². The summed E-state index contributed by atoms with van der Waals surface area (Å²) in [5.41, 5.74) is 3.07. The van der Waals surface area contributed by atoms with Crippen molar-refractivity contribution < 1.29 is 8.42 Å². The first-order chi connectivity index (χ1) is 8.83. The number of benzene rings is 1. The largest absolute Gasteiger partial charge is 0.228 e. The van der Waals surface area contributed by atoms with Crippen LogP contribution in [0.25, 0.3) is 0 Å². The van der Waals surface area contributed by atoms with Gasteiger partial charge in [0.15, 0.2) is 9.84 Å². The average Bonchev–Trinajstić information content (AvgIpc) is 2.32. The second kappa shape index (κ2) is 5.74. The summed E-state index contributed by atoms with van der Waals surface area (Å²) >= 11 is 9.99. The molecule has 0 amide bonds. The van der Waals surface area contributed by atoms with Crippen LogP contribution >= 0.6 is 27.5 Å². The SMILES string of the molecule is Cc1cc(C(Cl)C2CCCCS2(=O)=O)c(C)cc1Br. The molecule has 2 rings (SSSR count). The first-order valence-electron chi connectivity index (χ1n) is 6.45. The van der Waals surface area contributed by atoms with E-state index in [1.807, 2.05) is 26.0 Å². The molecule has 1 heterocycles. The number of alkyl halides is 1. The molecule has 0 saturated carbocycles. The van der Waals surface area contributed by atoms with Gasteiger partial charge in [-0.2, -0.15) is 0 Å². The van der Waals surface area contributed by atoms with Gasteiger partial charge in [-0.3, -0.25) is 0 Å². The van der Waals surface area contributed by atoms with E-state index in [2.05, 4.69) is 15.9 Å². The predicted molar refractivity (Wildman–Crippen MR) is 83.6 cm³/mol. The maximum Gasteiger partial charge on any atom is 0.154 e. The maximum atomic E-state index is 12.2. The van der Waals surface area contributed by atoms with Crippen LogP contribution in [-0.4, -0.2) is 19.4 Å². The molecule has 2 nitrogen and oxygen atoms in total. The van der Waals surface area contributed by atoms with E-state index < -0.39 is 20.5 Å². The molecular formula is C14H18BrClO2S. The highest BCUT2D eigenvalue weighted by Gasteiger charge is 2.36. The van der Waals surface area contributed by atoms with E-state index in [1.165, 1.54) is 0 Å². The molecule has 1 aromatic carbocycles. The van der Waals surface area contributed by atoms with E-state index in [4.69, 9.17) is 11.6 Å². The summed E-state index contributed by atoms with van der Waals surface area (Å²) in [7, 11) is -3.05. The lowest BCUT2D eigenvalue weighted by Gasteiger charge is -2.27. The number of hydrogen-bond donors (Lipinski definition) is 0. The molecule has 0 aliphatic carbocycles. The van der Waals surface area contributed by atoms with Crippen LogP contribution in [0.3, 0.4) is 0 Å². The molecule has 0 aromatic heterocycles. The smallest absolute Gasteiger partial charge is 0.154 e. The molecule has 1 aromatic rings. The van der Waals surface area contributed by atoms with Crippen LogP contribution in [0.1, 0.15) is 41.3 Å². The van der Waals surface area contributed by atoms with Gasteiger partial charge >= 0.3 is 0 Å². The van der Waals surface area contributed by atoms with E-state index in [9.17, 15) is 8.42 Å². The second-order valence-corrected chi connectivity index (χ2v) is 8.92. The lowest BCUT2D eigenvalue weighted by molar-refractivity contribution is 0.533. The van der Waals surface area contributed by atoms with Crippen LogP contribution in [0.4, 0.5) is 0 Å². The Balaban J connectivity index is 2.39. The van der Waals surface area contributed by atoms with Crippen LogP contribution in [0, 0.1) is 13.8 Å². The van der Waals surface area contributed by atoms with Crippen LogP contribution < -0.4 is 0 Å². The van der Waals surface area contributed by atoms with Crippen molar-refractivity contribution in [2.75, 3.05) is 5.75 Å². The van der Waals surface area contributed by atoms with E-state index >= 15 is 0 Å². The van der Waals surface area contributed by atoms with Crippen LogP contribution in [0.15, 0.2) is 16.6 Å². The summed E-state index contributed by atoms with van der Waals surface area (Å²) in [5.74, 6) is 0.273. The summed E-state index contributed by atoms with van der Waals surface area (Å²) in [6, 6.07) is 4.01. The number of hydrogen-bond acceptors (Lipinski definition) is 2. The highest BCUT2D eigenvalue weighted by molar-refractivity contribution is 9.10. The normalized spacial score (nSPS) is 24.1. The van der Waals surface area contributed by atoms with Crippen molar-refractivity contribution in [3.8, 4) is 0 Å². The van der Waals surface area contributed by atoms with Gasteiger partial charge in [-0.1, -0.05) is 28.4 Å². The Morgan fingerprint density at radius 3 is 2.58 bits per heavy atom. The summed E-state index contributed by atoms with van der Waals surface area (Å²) < 4.78 is 25.4. The molecule has 1 saturated heterocycles. The molecule has 0 N–H and O–H groups in total. The standard InChI is InChI=1S/C14H18BrClO2S/c1-9-8-12(15)10(2)7-11(9)14(16)13-5-3-4-6-19(13,17)18/h7-8,13-14H,3-6H2,1-2H3. The number of sulfone groups is 1. The Hall–Kier alpha value is -0.0600. The second-order valence-electron chi connectivity index (χ2n) is 5.26. The van der Waals surface area contributed by atoms with Crippen molar-refractivity contribution in [1.82, 2.24) is 0 Å². The van der Waals surface area contributed by atoms with Crippen LogP contribution in [-0.2, 0) is 9.84 Å². The van der Waals surface area contributed by atoms with Crippen LogP contribution in [0.2, 0.25) is 0 Å². The maximum absolute atomic E-state index is 12.2. The van der Waals surface area contributed by atoms with E-state index in [0.717, 1.165) is 34.0 Å². The highest BCUT2D eigenvalue weighted by Crippen LogP contribution is 2.38. The molecule has 0 radical (unpaired) electrons. The monoisotopic (exact) mass is 364 g/mol.